The number of carbonyl (C=O) groups is 1. The zero-order valence-electron chi connectivity index (χ0n) is 14.6. The van der Waals surface area contributed by atoms with Gasteiger partial charge < -0.3 is 4.90 Å². The number of hydrogen-bond acceptors (Lipinski definition) is 4. The van der Waals surface area contributed by atoms with E-state index in [4.69, 9.17) is 0 Å². The van der Waals surface area contributed by atoms with Gasteiger partial charge in [0.25, 0.3) is 5.91 Å². The Balaban J connectivity index is 1.29. The first-order valence-electron chi connectivity index (χ1n) is 9.18. The Morgan fingerprint density at radius 1 is 1.04 bits per heavy atom. The van der Waals surface area contributed by atoms with Crippen molar-refractivity contribution >= 4 is 17.2 Å². The number of aromatic nitrogens is 1. The van der Waals surface area contributed by atoms with Crippen LogP contribution in [-0.2, 0) is 6.54 Å². The SMILES string of the molecule is O=C(c1cccs1)N1CCC2(CCN(Cc3ccncc3)CC2)CC1. The van der Waals surface area contributed by atoms with Crippen LogP contribution in [0.15, 0.2) is 42.0 Å². The van der Waals surface area contributed by atoms with Crippen molar-refractivity contribution in [2.75, 3.05) is 26.2 Å². The van der Waals surface area contributed by atoms with Gasteiger partial charge in [-0.05, 0) is 73.3 Å². The number of hydrogen-bond donors (Lipinski definition) is 0. The van der Waals surface area contributed by atoms with Crippen LogP contribution >= 0.6 is 11.3 Å². The summed E-state index contributed by atoms with van der Waals surface area (Å²) in [4.78, 5) is 22.1. The van der Waals surface area contributed by atoms with E-state index in [0.717, 1.165) is 37.4 Å². The molecule has 4 nitrogen and oxygen atoms in total. The molecule has 1 amide bonds. The fraction of sp³-hybridized carbons (Fsp3) is 0.500. The maximum atomic E-state index is 12.5. The topological polar surface area (TPSA) is 36.4 Å². The Labute approximate surface area is 153 Å². The lowest BCUT2D eigenvalue weighted by atomic mass is 9.71. The summed E-state index contributed by atoms with van der Waals surface area (Å²) in [5.74, 6) is 0.222. The molecule has 2 fully saturated rings. The molecule has 0 aromatic carbocycles. The van der Waals surface area contributed by atoms with E-state index in [2.05, 4.69) is 26.9 Å². The average molecular weight is 356 g/mol. The summed E-state index contributed by atoms with van der Waals surface area (Å²) in [5, 5.41) is 1.98. The van der Waals surface area contributed by atoms with Gasteiger partial charge >= 0.3 is 0 Å². The number of thiophene rings is 1. The molecule has 2 saturated heterocycles. The van der Waals surface area contributed by atoms with Gasteiger partial charge in [-0.3, -0.25) is 14.7 Å². The molecule has 4 rings (SSSR count). The third-order valence-corrected chi connectivity index (χ3v) is 6.77. The van der Waals surface area contributed by atoms with Gasteiger partial charge in [0.2, 0.25) is 0 Å². The number of nitrogens with zero attached hydrogens (tertiary/aromatic N) is 3. The molecule has 0 atom stereocenters. The second-order valence-electron chi connectivity index (χ2n) is 7.40. The Kier molecular flexibility index (Phi) is 4.86. The fourth-order valence-corrected chi connectivity index (χ4v) is 4.86. The van der Waals surface area contributed by atoms with Gasteiger partial charge in [-0.25, -0.2) is 0 Å². The lowest BCUT2D eigenvalue weighted by Crippen LogP contribution is -2.48. The minimum atomic E-state index is 0.222. The average Bonchev–Trinajstić information content (AvgIpc) is 3.20. The lowest BCUT2D eigenvalue weighted by molar-refractivity contribution is 0.0287. The number of rotatable bonds is 3. The van der Waals surface area contributed by atoms with E-state index in [1.807, 2.05) is 29.9 Å². The highest BCUT2D eigenvalue weighted by molar-refractivity contribution is 7.12. The van der Waals surface area contributed by atoms with E-state index in [-0.39, 0.29) is 5.91 Å². The van der Waals surface area contributed by atoms with Gasteiger partial charge in [-0.15, -0.1) is 11.3 Å². The first-order chi connectivity index (χ1) is 12.2. The molecule has 2 aromatic heterocycles. The van der Waals surface area contributed by atoms with E-state index in [1.165, 1.54) is 31.5 Å². The van der Waals surface area contributed by atoms with Crippen LogP contribution in [0, 0.1) is 5.41 Å². The standard InChI is InChI=1S/C20H25N3OS/c24-19(18-2-1-15-25-18)23-13-7-20(8-14-23)5-11-22(12-6-20)16-17-3-9-21-10-4-17/h1-4,9-10,15H,5-8,11-14,16H2. The predicted octanol–water partition coefficient (Wildman–Crippen LogP) is 3.66. The molecule has 2 aliphatic rings. The molecule has 0 N–H and O–H groups in total. The number of likely N-dealkylation sites (tertiary alicyclic amines) is 2. The highest BCUT2D eigenvalue weighted by Gasteiger charge is 2.38. The van der Waals surface area contributed by atoms with Crippen molar-refractivity contribution in [2.45, 2.75) is 32.2 Å². The van der Waals surface area contributed by atoms with Crippen LogP contribution in [0.4, 0.5) is 0 Å². The third-order valence-electron chi connectivity index (χ3n) is 5.92. The normalized spacial score (nSPS) is 20.7. The maximum absolute atomic E-state index is 12.5. The van der Waals surface area contributed by atoms with Crippen LogP contribution in [0.3, 0.4) is 0 Å². The minimum absolute atomic E-state index is 0.222. The molecule has 0 saturated carbocycles. The zero-order chi connectivity index (χ0) is 17.1. The molecular formula is C20H25N3OS. The van der Waals surface area contributed by atoms with Crippen molar-refractivity contribution in [2.24, 2.45) is 5.41 Å². The van der Waals surface area contributed by atoms with Crippen molar-refractivity contribution in [1.29, 1.82) is 0 Å². The summed E-state index contributed by atoms with van der Waals surface area (Å²) in [6.07, 6.45) is 8.60. The largest absolute Gasteiger partial charge is 0.338 e. The Morgan fingerprint density at radius 2 is 1.72 bits per heavy atom. The van der Waals surface area contributed by atoms with Crippen LogP contribution in [0.5, 0.6) is 0 Å². The monoisotopic (exact) mass is 355 g/mol. The van der Waals surface area contributed by atoms with Crippen molar-refractivity contribution in [1.82, 2.24) is 14.8 Å². The first-order valence-corrected chi connectivity index (χ1v) is 10.1. The van der Waals surface area contributed by atoms with Gasteiger partial charge in [0.05, 0.1) is 4.88 Å². The Bertz CT molecular complexity index is 683. The van der Waals surface area contributed by atoms with E-state index in [9.17, 15) is 4.79 Å². The van der Waals surface area contributed by atoms with E-state index in [1.54, 1.807) is 11.3 Å². The smallest absolute Gasteiger partial charge is 0.263 e. The molecule has 0 unspecified atom stereocenters. The maximum Gasteiger partial charge on any atom is 0.263 e. The molecule has 0 radical (unpaired) electrons. The molecule has 2 aliphatic heterocycles. The van der Waals surface area contributed by atoms with Crippen molar-refractivity contribution in [3.8, 4) is 0 Å². The van der Waals surface area contributed by atoms with Crippen LogP contribution in [-0.4, -0.2) is 46.9 Å². The van der Waals surface area contributed by atoms with Crippen molar-refractivity contribution < 1.29 is 4.79 Å². The minimum Gasteiger partial charge on any atom is -0.338 e. The second kappa shape index (κ2) is 7.26. The van der Waals surface area contributed by atoms with Crippen LogP contribution in [0.2, 0.25) is 0 Å². The molecule has 4 heterocycles. The van der Waals surface area contributed by atoms with Crippen molar-refractivity contribution in [3.63, 3.8) is 0 Å². The number of carbonyl (C=O) groups excluding carboxylic acids is 1. The molecule has 0 bridgehead atoms. The summed E-state index contributed by atoms with van der Waals surface area (Å²) in [5.41, 5.74) is 1.81. The molecular weight excluding hydrogens is 330 g/mol. The highest BCUT2D eigenvalue weighted by Crippen LogP contribution is 2.41. The Hall–Kier alpha value is -1.72. The zero-order valence-corrected chi connectivity index (χ0v) is 15.4. The van der Waals surface area contributed by atoms with Crippen molar-refractivity contribution in [3.05, 3.63) is 52.5 Å². The Morgan fingerprint density at radius 3 is 2.36 bits per heavy atom. The highest BCUT2D eigenvalue weighted by atomic mass is 32.1. The first kappa shape index (κ1) is 16.7. The summed E-state index contributed by atoms with van der Waals surface area (Å²) in [6, 6.07) is 8.12. The summed E-state index contributed by atoms with van der Waals surface area (Å²) < 4.78 is 0. The fourth-order valence-electron chi connectivity index (χ4n) is 4.17. The van der Waals surface area contributed by atoms with Crippen LogP contribution in [0.1, 0.15) is 40.9 Å². The number of amides is 1. The number of piperidine rings is 2. The molecule has 132 valence electrons. The second-order valence-corrected chi connectivity index (χ2v) is 8.35. The summed E-state index contributed by atoms with van der Waals surface area (Å²) >= 11 is 1.55. The molecule has 0 aliphatic carbocycles. The van der Waals surface area contributed by atoms with Crippen LogP contribution < -0.4 is 0 Å². The molecule has 25 heavy (non-hydrogen) atoms. The third kappa shape index (κ3) is 3.77. The number of pyridine rings is 1. The molecule has 2 aromatic rings. The molecule has 1 spiro atoms. The lowest BCUT2D eigenvalue weighted by Gasteiger charge is -2.46. The van der Waals surface area contributed by atoms with Crippen LogP contribution in [0.25, 0.3) is 0 Å². The summed E-state index contributed by atoms with van der Waals surface area (Å²) in [7, 11) is 0. The van der Waals surface area contributed by atoms with Gasteiger partial charge in [-0.1, -0.05) is 6.07 Å². The van der Waals surface area contributed by atoms with E-state index < -0.39 is 0 Å². The molecule has 5 heteroatoms. The van der Waals surface area contributed by atoms with E-state index in [0.29, 0.717) is 5.41 Å². The quantitative estimate of drug-likeness (QED) is 0.843. The van der Waals surface area contributed by atoms with E-state index >= 15 is 0 Å². The predicted molar refractivity (Wildman–Crippen MR) is 101 cm³/mol. The van der Waals surface area contributed by atoms with Gasteiger partial charge in [0, 0.05) is 32.0 Å². The van der Waals surface area contributed by atoms with Gasteiger partial charge in [0.1, 0.15) is 0 Å². The van der Waals surface area contributed by atoms with Gasteiger partial charge in [-0.2, -0.15) is 0 Å². The summed E-state index contributed by atoms with van der Waals surface area (Å²) in [6.45, 7) is 5.20. The van der Waals surface area contributed by atoms with Gasteiger partial charge in [0.15, 0.2) is 0 Å².